The van der Waals surface area contributed by atoms with Crippen molar-refractivity contribution in [1.82, 2.24) is 15.1 Å². The number of ether oxygens (including phenoxy) is 3. The topological polar surface area (TPSA) is 80.3 Å². The highest BCUT2D eigenvalue weighted by Gasteiger charge is 2.27. The highest BCUT2D eigenvalue weighted by atomic mass is 16.5. The van der Waals surface area contributed by atoms with E-state index in [4.69, 9.17) is 14.2 Å². The van der Waals surface area contributed by atoms with E-state index in [1.165, 1.54) is 40.6 Å². The fraction of sp³-hybridized carbons (Fsp3) is 0.619. The number of methoxy groups -OCH3 is 3. The number of nitrogens with zero attached hydrogens (tertiary/aromatic N) is 2. The van der Waals surface area contributed by atoms with E-state index in [1.807, 2.05) is 0 Å². The van der Waals surface area contributed by atoms with Gasteiger partial charge in [0.05, 0.1) is 21.3 Å². The van der Waals surface area contributed by atoms with Crippen molar-refractivity contribution in [1.29, 1.82) is 0 Å². The smallest absolute Gasteiger partial charge is 0.317 e. The maximum atomic E-state index is 13.0. The molecule has 0 bridgehead atoms. The van der Waals surface area contributed by atoms with Crippen LogP contribution in [0, 0.1) is 0 Å². The van der Waals surface area contributed by atoms with Crippen molar-refractivity contribution in [2.24, 2.45) is 0 Å². The molecule has 1 aliphatic heterocycles. The number of hydrogen-bond donors (Lipinski definition) is 1. The van der Waals surface area contributed by atoms with E-state index in [2.05, 4.69) is 5.32 Å². The lowest BCUT2D eigenvalue weighted by atomic mass is 9.96. The third-order valence-electron chi connectivity index (χ3n) is 5.70. The maximum Gasteiger partial charge on any atom is 0.317 e. The first-order valence-corrected chi connectivity index (χ1v) is 10.2. The van der Waals surface area contributed by atoms with E-state index in [9.17, 15) is 9.59 Å². The predicted octanol–water partition coefficient (Wildman–Crippen LogP) is 2.51. The molecule has 160 valence electrons. The van der Waals surface area contributed by atoms with E-state index in [-0.39, 0.29) is 18.0 Å². The molecule has 1 saturated heterocycles. The number of urea groups is 1. The standard InChI is InChI=1S/C21H31N3O5/c1-27-17-13-15(14-18(28-2)19(17)29-3)20(25)23-9-11-24(12-10-23)21(26)22-16-7-5-4-6-8-16/h13-14,16H,4-12H2,1-3H3,(H,22,26). The number of nitrogens with one attached hydrogen (secondary N) is 1. The van der Waals surface area contributed by atoms with Crippen LogP contribution in [-0.2, 0) is 0 Å². The van der Waals surface area contributed by atoms with Gasteiger partial charge in [0.2, 0.25) is 5.75 Å². The van der Waals surface area contributed by atoms with Gasteiger partial charge >= 0.3 is 6.03 Å². The summed E-state index contributed by atoms with van der Waals surface area (Å²) < 4.78 is 16.0. The molecule has 1 aromatic carbocycles. The third-order valence-corrected chi connectivity index (χ3v) is 5.70. The lowest BCUT2D eigenvalue weighted by molar-refractivity contribution is 0.0661. The molecule has 1 aliphatic carbocycles. The molecule has 29 heavy (non-hydrogen) atoms. The van der Waals surface area contributed by atoms with Crippen molar-refractivity contribution in [2.45, 2.75) is 38.1 Å². The molecule has 0 radical (unpaired) electrons. The Balaban J connectivity index is 1.60. The second-order valence-corrected chi connectivity index (χ2v) is 7.48. The minimum absolute atomic E-state index is 0.0169. The number of hydrogen-bond acceptors (Lipinski definition) is 5. The van der Waals surface area contributed by atoms with Gasteiger partial charge in [-0.15, -0.1) is 0 Å². The second kappa shape index (κ2) is 9.71. The van der Waals surface area contributed by atoms with Crippen molar-refractivity contribution in [2.75, 3.05) is 47.5 Å². The van der Waals surface area contributed by atoms with Gasteiger partial charge in [0, 0.05) is 37.8 Å². The molecular weight excluding hydrogens is 374 g/mol. The van der Waals surface area contributed by atoms with E-state index >= 15 is 0 Å². The first-order chi connectivity index (χ1) is 14.1. The van der Waals surface area contributed by atoms with Crippen molar-refractivity contribution in [3.05, 3.63) is 17.7 Å². The summed E-state index contributed by atoms with van der Waals surface area (Å²) in [6.07, 6.45) is 5.74. The Morgan fingerprint density at radius 3 is 1.93 bits per heavy atom. The van der Waals surface area contributed by atoms with Gasteiger partial charge in [-0.3, -0.25) is 4.79 Å². The normalized spacial score (nSPS) is 17.6. The fourth-order valence-electron chi connectivity index (χ4n) is 4.01. The van der Waals surface area contributed by atoms with Crippen molar-refractivity contribution in [3.63, 3.8) is 0 Å². The maximum absolute atomic E-state index is 13.0. The Bertz CT molecular complexity index is 700. The molecule has 1 N–H and O–H groups in total. The Morgan fingerprint density at radius 1 is 0.862 bits per heavy atom. The number of carbonyl (C=O) groups excluding carboxylic acids is 2. The number of benzene rings is 1. The van der Waals surface area contributed by atoms with Gasteiger partial charge in [0.1, 0.15) is 0 Å². The number of carbonyl (C=O) groups is 2. The summed E-state index contributed by atoms with van der Waals surface area (Å²) in [7, 11) is 4.57. The van der Waals surface area contributed by atoms with Crippen LogP contribution in [0.4, 0.5) is 4.79 Å². The van der Waals surface area contributed by atoms with Crippen LogP contribution in [0.1, 0.15) is 42.5 Å². The lowest BCUT2D eigenvalue weighted by Gasteiger charge is -2.36. The molecule has 2 fully saturated rings. The van der Waals surface area contributed by atoms with Crippen LogP contribution in [-0.4, -0.2) is 75.3 Å². The van der Waals surface area contributed by atoms with Gasteiger partial charge in [-0.25, -0.2) is 4.79 Å². The average molecular weight is 405 g/mol. The summed E-state index contributed by atoms with van der Waals surface area (Å²) in [4.78, 5) is 29.1. The molecule has 0 unspecified atom stereocenters. The van der Waals surface area contributed by atoms with E-state index in [0.717, 1.165) is 12.8 Å². The van der Waals surface area contributed by atoms with Gasteiger partial charge in [0.25, 0.3) is 5.91 Å². The van der Waals surface area contributed by atoms with Gasteiger partial charge in [-0.2, -0.15) is 0 Å². The first-order valence-electron chi connectivity index (χ1n) is 10.2. The van der Waals surface area contributed by atoms with Crippen molar-refractivity contribution < 1.29 is 23.8 Å². The molecule has 8 heteroatoms. The first kappa shape index (κ1) is 21.1. The third kappa shape index (κ3) is 4.86. The van der Waals surface area contributed by atoms with Crippen LogP contribution < -0.4 is 19.5 Å². The molecule has 2 aliphatic rings. The van der Waals surface area contributed by atoms with E-state index in [0.29, 0.717) is 49.0 Å². The van der Waals surface area contributed by atoms with Crippen LogP contribution in [0.2, 0.25) is 0 Å². The summed E-state index contributed by atoms with van der Waals surface area (Å²) in [6, 6.07) is 3.59. The van der Waals surface area contributed by atoms with E-state index in [1.54, 1.807) is 21.9 Å². The predicted molar refractivity (Wildman–Crippen MR) is 109 cm³/mol. The Kier molecular flexibility index (Phi) is 7.06. The van der Waals surface area contributed by atoms with Crippen LogP contribution in [0.3, 0.4) is 0 Å². The molecule has 1 heterocycles. The molecule has 3 amide bonds. The summed E-state index contributed by atoms with van der Waals surface area (Å²) in [5, 5.41) is 3.14. The second-order valence-electron chi connectivity index (χ2n) is 7.48. The molecule has 1 saturated carbocycles. The van der Waals surface area contributed by atoms with Crippen LogP contribution in [0.5, 0.6) is 17.2 Å². The molecule has 8 nitrogen and oxygen atoms in total. The van der Waals surface area contributed by atoms with Gasteiger partial charge < -0.3 is 29.3 Å². The Morgan fingerprint density at radius 2 is 1.41 bits per heavy atom. The molecule has 3 rings (SSSR count). The SMILES string of the molecule is COc1cc(C(=O)N2CCN(C(=O)NC3CCCCC3)CC2)cc(OC)c1OC. The Hall–Kier alpha value is -2.64. The molecule has 1 aromatic rings. The van der Waals surface area contributed by atoms with Crippen LogP contribution in [0.15, 0.2) is 12.1 Å². The summed E-state index contributed by atoms with van der Waals surface area (Å²) in [5.74, 6) is 1.23. The molecule has 0 aromatic heterocycles. The Labute approximate surface area is 172 Å². The van der Waals surface area contributed by atoms with Crippen molar-refractivity contribution in [3.8, 4) is 17.2 Å². The zero-order valence-electron chi connectivity index (χ0n) is 17.5. The fourth-order valence-corrected chi connectivity index (χ4v) is 4.01. The van der Waals surface area contributed by atoms with Gasteiger partial charge in [-0.05, 0) is 25.0 Å². The summed E-state index contributed by atoms with van der Waals surface area (Å²) >= 11 is 0. The number of rotatable bonds is 5. The lowest BCUT2D eigenvalue weighted by Crippen LogP contribution is -2.54. The average Bonchev–Trinajstić information content (AvgIpc) is 2.78. The highest BCUT2D eigenvalue weighted by molar-refractivity contribution is 5.96. The minimum Gasteiger partial charge on any atom is -0.493 e. The van der Waals surface area contributed by atoms with Gasteiger partial charge in [0.15, 0.2) is 11.5 Å². The zero-order valence-corrected chi connectivity index (χ0v) is 17.5. The number of piperazine rings is 1. The van der Waals surface area contributed by atoms with Crippen LogP contribution >= 0.6 is 0 Å². The van der Waals surface area contributed by atoms with E-state index < -0.39 is 0 Å². The highest BCUT2D eigenvalue weighted by Crippen LogP contribution is 2.38. The quantitative estimate of drug-likeness (QED) is 0.814. The largest absolute Gasteiger partial charge is 0.493 e. The molecular formula is C21H31N3O5. The molecule has 0 atom stereocenters. The van der Waals surface area contributed by atoms with Crippen LogP contribution in [0.25, 0.3) is 0 Å². The summed E-state index contributed by atoms with van der Waals surface area (Å²) in [6.45, 7) is 2.03. The molecule has 0 spiro atoms. The monoisotopic (exact) mass is 405 g/mol. The minimum atomic E-state index is -0.114. The number of amides is 3. The van der Waals surface area contributed by atoms with Gasteiger partial charge in [-0.1, -0.05) is 19.3 Å². The van der Waals surface area contributed by atoms with Crippen molar-refractivity contribution >= 4 is 11.9 Å². The zero-order chi connectivity index (χ0) is 20.8. The summed E-state index contributed by atoms with van der Waals surface area (Å²) in [5.41, 5.74) is 0.472.